The van der Waals surface area contributed by atoms with E-state index in [-0.39, 0.29) is 29.1 Å². The van der Waals surface area contributed by atoms with Crippen molar-refractivity contribution in [1.29, 1.82) is 0 Å². The van der Waals surface area contributed by atoms with Crippen LogP contribution in [0.5, 0.6) is 0 Å². The predicted octanol–water partition coefficient (Wildman–Crippen LogP) is 4.85. The van der Waals surface area contributed by atoms with E-state index in [2.05, 4.69) is 9.48 Å². The van der Waals surface area contributed by atoms with Gasteiger partial charge in [-0.05, 0) is 75.6 Å². The van der Waals surface area contributed by atoms with Crippen LogP contribution in [0.4, 0.5) is 11.4 Å². The van der Waals surface area contributed by atoms with E-state index in [4.69, 9.17) is 4.84 Å². The molecule has 0 aliphatic carbocycles. The lowest BCUT2D eigenvalue weighted by atomic mass is 9.81. The molecule has 1 fully saturated rings. The number of fused-ring (bicyclic) bond motifs is 2. The molecule has 13 nitrogen and oxygen atoms in total. The first-order valence-corrected chi connectivity index (χ1v) is 19.9. The zero-order valence-corrected chi connectivity index (χ0v) is 31.4. The number of hydrogen-bond donors (Lipinski definition) is 0. The highest BCUT2D eigenvalue weighted by Crippen LogP contribution is 2.48. The lowest BCUT2D eigenvalue weighted by molar-refractivity contribution is -0.438. The SMILES string of the molecule is CCN1\C(=C/C=C/C=C/C2=[N+](CCCCCC(=O)ON3C(=O)CCC3=O)c3ccc(S(=O)(=O)[O-])cc3C2(C)C)C(C)(C)c2cc(S(=O)(=O)[O-])ccc21. The van der Waals surface area contributed by atoms with Crippen molar-refractivity contribution in [2.45, 2.75) is 93.8 Å². The van der Waals surface area contributed by atoms with Crippen LogP contribution in [-0.2, 0) is 50.3 Å². The van der Waals surface area contributed by atoms with Crippen molar-refractivity contribution in [3.63, 3.8) is 0 Å². The number of hydrogen-bond acceptors (Lipinski definition) is 11. The quantitative estimate of drug-likeness (QED) is 0.0896. The van der Waals surface area contributed by atoms with Crippen molar-refractivity contribution in [3.05, 3.63) is 83.6 Å². The fourth-order valence-electron chi connectivity index (χ4n) is 7.08. The number of hydroxylamine groups is 2. The van der Waals surface area contributed by atoms with E-state index in [0.29, 0.717) is 43.0 Å². The van der Waals surface area contributed by atoms with Crippen LogP contribution in [0.1, 0.15) is 84.3 Å². The second kappa shape index (κ2) is 14.5. The number of carbonyl (C=O) groups is 3. The van der Waals surface area contributed by atoms with Crippen LogP contribution < -0.4 is 4.90 Å². The number of allylic oxidation sites excluding steroid dienone is 6. The van der Waals surface area contributed by atoms with E-state index in [9.17, 15) is 40.3 Å². The van der Waals surface area contributed by atoms with Crippen molar-refractivity contribution < 1.29 is 49.7 Å². The second-order valence-corrected chi connectivity index (χ2v) is 16.7. The topological polar surface area (TPSA) is 184 Å². The lowest BCUT2D eigenvalue weighted by Gasteiger charge is -2.25. The molecule has 2 aromatic carbocycles. The van der Waals surface area contributed by atoms with Crippen molar-refractivity contribution in [3.8, 4) is 0 Å². The van der Waals surface area contributed by atoms with E-state index in [1.165, 1.54) is 24.3 Å². The van der Waals surface area contributed by atoms with E-state index < -0.39 is 48.8 Å². The Morgan fingerprint density at radius 2 is 1.46 bits per heavy atom. The molecule has 0 unspecified atom stereocenters. The van der Waals surface area contributed by atoms with Gasteiger partial charge in [-0.2, -0.15) is 4.58 Å². The van der Waals surface area contributed by atoms with Crippen molar-refractivity contribution in [1.82, 2.24) is 5.06 Å². The van der Waals surface area contributed by atoms with Crippen LogP contribution in [0.15, 0.2) is 82.3 Å². The Bertz CT molecular complexity index is 2150. The maximum absolute atomic E-state index is 12.2. The van der Waals surface area contributed by atoms with Gasteiger partial charge in [0.25, 0.3) is 11.8 Å². The first-order chi connectivity index (χ1) is 24.3. The number of rotatable bonds is 13. The Hall–Kier alpha value is -4.44. The van der Waals surface area contributed by atoms with E-state index in [1.54, 1.807) is 12.1 Å². The molecule has 3 aliphatic heterocycles. The molecule has 0 bridgehead atoms. The minimum Gasteiger partial charge on any atom is -0.744 e. The standard InChI is InChI=1S/C37H43N3O10S2/c1-6-38-29-18-16-25(51(44,45)46)23-27(29)36(2,3)31(38)13-9-7-10-14-32-37(4,5)28-24-26(52(47,48)49)17-19-30(28)39(32)22-12-8-11-15-35(43)50-40-33(41)20-21-34(40)42/h7,9-10,13-14,16-19,23-24H,6,8,11-12,15,20-22H2,1-5H3,(H-,44,45,46,47,48,49)/p-1. The molecule has 0 saturated carbocycles. The minimum absolute atomic E-state index is 0.0220. The number of imide groups is 1. The number of benzene rings is 2. The van der Waals surface area contributed by atoms with Gasteiger partial charge in [0.15, 0.2) is 5.71 Å². The van der Waals surface area contributed by atoms with E-state index >= 15 is 0 Å². The van der Waals surface area contributed by atoms with Gasteiger partial charge in [-0.1, -0.05) is 32.1 Å². The van der Waals surface area contributed by atoms with Gasteiger partial charge in [0.1, 0.15) is 26.8 Å². The number of anilines is 1. The van der Waals surface area contributed by atoms with Gasteiger partial charge in [-0.3, -0.25) is 9.59 Å². The molecule has 5 rings (SSSR count). The van der Waals surface area contributed by atoms with Gasteiger partial charge >= 0.3 is 5.97 Å². The molecule has 52 heavy (non-hydrogen) atoms. The Kier molecular flexibility index (Phi) is 10.8. The first kappa shape index (κ1) is 38.8. The Labute approximate surface area is 304 Å². The van der Waals surface area contributed by atoms with Crippen LogP contribution >= 0.6 is 0 Å². The summed E-state index contributed by atoms with van der Waals surface area (Å²) < 4.78 is 73.0. The smallest absolute Gasteiger partial charge is 0.333 e. The molecule has 0 radical (unpaired) electrons. The molecule has 3 aliphatic rings. The number of nitrogens with zero attached hydrogens (tertiary/aromatic N) is 3. The summed E-state index contributed by atoms with van der Waals surface area (Å²) >= 11 is 0. The molecular formula is C37H42N3O10S2-. The molecule has 0 N–H and O–H groups in total. The van der Waals surface area contributed by atoms with Crippen LogP contribution in [0.2, 0.25) is 0 Å². The van der Waals surface area contributed by atoms with Crippen molar-refractivity contribution >= 4 is 55.1 Å². The molecule has 1 saturated heterocycles. The van der Waals surface area contributed by atoms with Crippen molar-refractivity contribution in [2.24, 2.45) is 0 Å². The maximum Gasteiger partial charge on any atom is 0.333 e. The minimum atomic E-state index is -4.69. The molecule has 0 atom stereocenters. The normalized spacial score (nSPS) is 19.1. The summed E-state index contributed by atoms with van der Waals surface area (Å²) in [6, 6.07) is 8.80. The summed E-state index contributed by atoms with van der Waals surface area (Å²) in [6.07, 6.45) is 11.3. The summed E-state index contributed by atoms with van der Waals surface area (Å²) in [5.74, 6) is -1.73. The Morgan fingerprint density at radius 1 is 0.846 bits per heavy atom. The molecular weight excluding hydrogens is 711 g/mol. The monoisotopic (exact) mass is 752 g/mol. The molecule has 278 valence electrons. The highest BCUT2D eigenvalue weighted by molar-refractivity contribution is 7.86. The lowest BCUT2D eigenvalue weighted by Crippen LogP contribution is -2.31. The van der Waals surface area contributed by atoms with Crippen LogP contribution in [0, 0.1) is 0 Å². The summed E-state index contributed by atoms with van der Waals surface area (Å²) in [7, 11) is -9.30. The largest absolute Gasteiger partial charge is 0.744 e. The van der Waals surface area contributed by atoms with Gasteiger partial charge < -0.3 is 18.8 Å². The van der Waals surface area contributed by atoms with Gasteiger partial charge in [0.05, 0.1) is 15.2 Å². The fraction of sp³-hybridized carbons (Fsp3) is 0.405. The van der Waals surface area contributed by atoms with Gasteiger partial charge in [0, 0.05) is 66.7 Å². The number of unbranched alkanes of at least 4 members (excludes halogenated alkanes) is 2. The fourth-order valence-corrected chi connectivity index (χ4v) is 8.07. The Balaban J connectivity index is 1.35. The van der Waals surface area contributed by atoms with Crippen LogP contribution in [-0.4, -0.2) is 72.2 Å². The summed E-state index contributed by atoms with van der Waals surface area (Å²) in [5.41, 5.74) is 3.55. The number of carbonyl (C=O) groups excluding carboxylic acids is 3. The average molecular weight is 753 g/mol. The Morgan fingerprint density at radius 3 is 2.08 bits per heavy atom. The molecule has 3 heterocycles. The number of likely N-dealkylation sites (N-methyl/N-ethyl adjacent to an activating group) is 1. The van der Waals surface area contributed by atoms with Crippen LogP contribution in [0.3, 0.4) is 0 Å². The third-order valence-corrected chi connectivity index (χ3v) is 11.5. The molecule has 0 spiro atoms. The highest BCUT2D eigenvalue weighted by atomic mass is 32.2. The van der Waals surface area contributed by atoms with Gasteiger partial charge in [-0.25, -0.2) is 21.6 Å². The molecule has 2 amide bonds. The third kappa shape index (κ3) is 7.68. The molecule has 0 aromatic heterocycles. The second-order valence-electron chi connectivity index (χ2n) is 13.9. The number of amides is 2. The van der Waals surface area contributed by atoms with Gasteiger partial charge in [-0.15, -0.1) is 5.06 Å². The van der Waals surface area contributed by atoms with E-state index in [1.807, 2.05) is 65.0 Å². The summed E-state index contributed by atoms with van der Waals surface area (Å²) in [6.45, 7) is 11.0. The maximum atomic E-state index is 12.2. The average Bonchev–Trinajstić information content (AvgIpc) is 3.58. The van der Waals surface area contributed by atoms with Gasteiger partial charge in [0.2, 0.25) is 5.69 Å². The highest BCUT2D eigenvalue weighted by Gasteiger charge is 2.44. The zero-order chi connectivity index (χ0) is 38.2. The summed E-state index contributed by atoms with van der Waals surface area (Å²) in [5, 5.41) is 0.536. The molecule has 15 heteroatoms. The van der Waals surface area contributed by atoms with Crippen molar-refractivity contribution in [2.75, 3.05) is 18.0 Å². The predicted molar refractivity (Wildman–Crippen MR) is 190 cm³/mol. The van der Waals surface area contributed by atoms with E-state index in [0.717, 1.165) is 28.3 Å². The first-order valence-electron chi connectivity index (χ1n) is 17.0. The molecule has 2 aromatic rings. The summed E-state index contributed by atoms with van der Waals surface area (Å²) in [4.78, 5) is 42.2. The zero-order valence-electron chi connectivity index (χ0n) is 29.7. The van der Waals surface area contributed by atoms with Crippen LogP contribution in [0.25, 0.3) is 0 Å². The third-order valence-electron chi connectivity index (χ3n) is 9.81.